The minimum atomic E-state index is -0.639. The standard InChI is InChI=1S/C21H25BFN3O3S/c1-20(2)21(3,4)29-22(28-20)14-9-15(23)17(18-19(14)30-12-24-18)13-10-25-26(11-13)16-7-5-6-8-27-16/h9-12,16H,5-8H2,1-4H3. The van der Waals surface area contributed by atoms with Crippen LogP contribution in [0, 0.1) is 5.82 Å². The highest BCUT2D eigenvalue weighted by atomic mass is 32.1. The summed E-state index contributed by atoms with van der Waals surface area (Å²) in [6, 6.07) is 1.52. The first-order valence-corrected chi connectivity index (χ1v) is 11.2. The minimum Gasteiger partial charge on any atom is -0.399 e. The molecule has 30 heavy (non-hydrogen) atoms. The van der Waals surface area contributed by atoms with Crippen molar-refractivity contribution in [3.63, 3.8) is 0 Å². The van der Waals surface area contributed by atoms with Crippen LogP contribution < -0.4 is 5.46 Å². The molecule has 1 atom stereocenters. The molecule has 4 heterocycles. The van der Waals surface area contributed by atoms with Crippen molar-refractivity contribution >= 4 is 34.1 Å². The molecule has 1 aromatic carbocycles. The average Bonchev–Trinajstić information content (AvgIpc) is 3.40. The third kappa shape index (κ3) is 3.19. The second-order valence-electron chi connectivity index (χ2n) is 8.97. The summed E-state index contributed by atoms with van der Waals surface area (Å²) in [7, 11) is -0.639. The Kier molecular flexibility index (Phi) is 4.77. The molecule has 0 N–H and O–H groups in total. The third-order valence-electron chi connectivity index (χ3n) is 6.44. The van der Waals surface area contributed by atoms with Gasteiger partial charge in [0.05, 0.1) is 33.1 Å². The number of halogens is 1. The molecule has 6 nitrogen and oxygen atoms in total. The Morgan fingerprint density at radius 1 is 1.20 bits per heavy atom. The topological polar surface area (TPSA) is 58.4 Å². The number of benzene rings is 1. The molecule has 0 saturated carbocycles. The number of ether oxygens (including phenoxy) is 1. The average molecular weight is 429 g/mol. The number of fused-ring (bicyclic) bond motifs is 1. The first kappa shape index (κ1) is 20.1. The summed E-state index contributed by atoms with van der Waals surface area (Å²) in [6.07, 6.45) is 6.53. The van der Waals surface area contributed by atoms with Crippen LogP contribution in [-0.4, -0.2) is 39.7 Å². The van der Waals surface area contributed by atoms with E-state index in [1.807, 2.05) is 33.9 Å². The molecular weight excluding hydrogens is 404 g/mol. The van der Waals surface area contributed by atoms with Gasteiger partial charge in [-0.2, -0.15) is 5.10 Å². The van der Waals surface area contributed by atoms with Crippen LogP contribution in [0.2, 0.25) is 0 Å². The van der Waals surface area contributed by atoms with Gasteiger partial charge in [0, 0.05) is 29.4 Å². The summed E-state index contributed by atoms with van der Waals surface area (Å²) in [5, 5.41) is 4.44. The zero-order chi connectivity index (χ0) is 21.1. The van der Waals surface area contributed by atoms with E-state index in [1.54, 1.807) is 16.4 Å². The lowest BCUT2D eigenvalue weighted by molar-refractivity contribution is -0.0394. The summed E-state index contributed by atoms with van der Waals surface area (Å²) in [4.78, 5) is 4.48. The Morgan fingerprint density at radius 2 is 1.97 bits per heavy atom. The van der Waals surface area contributed by atoms with Gasteiger partial charge < -0.3 is 14.0 Å². The van der Waals surface area contributed by atoms with Crippen LogP contribution in [0.15, 0.2) is 24.0 Å². The number of nitrogens with zero attached hydrogens (tertiary/aromatic N) is 3. The predicted octanol–water partition coefficient (Wildman–Crippen LogP) is 4.30. The molecule has 2 fully saturated rings. The number of rotatable bonds is 3. The number of hydrogen-bond donors (Lipinski definition) is 0. The van der Waals surface area contributed by atoms with Crippen molar-refractivity contribution in [1.29, 1.82) is 0 Å². The molecule has 0 aliphatic carbocycles. The van der Waals surface area contributed by atoms with Crippen LogP contribution in [0.25, 0.3) is 21.3 Å². The highest BCUT2D eigenvalue weighted by molar-refractivity contribution is 7.18. The Hall–Kier alpha value is -1.81. The van der Waals surface area contributed by atoms with Crippen molar-refractivity contribution in [3.8, 4) is 11.1 Å². The lowest BCUT2D eigenvalue weighted by Gasteiger charge is -2.32. The predicted molar refractivity (Wildman–Crippen MR) is 115 cm³/mol. The van der Waals surface area contributed by atoms with E-state index in [0.717, 1.165) is 30.6 Å². The van der Waals surface area contributed by atoms with Gasteiger partial charge in [0.25, 0.3) is 0 Å². The fourth-order valence-electron chi connectivity index (χ4n) is 3.99. The maximum absolute atomic E-state index is 15.4. The van der Waals surface area contributed by atoms with Gasteiger partial charge in [-0.05, 0) is 53.0 Å². The van der Waals surface area contributed by atoms with E-state index < -0.39 is 18.3 Å². The second-order valence-corrected chi connectivity index (χ2v) is 9.83. The van der Waals surface area contributed by atoms with Crippen molar-refractivity contribution < 1.29 is 18.4 Å². The van der Waals surface area contributed by atoms with E-state index >= 15 is 4.39 Å². The molecule has 2 aliphatic heterocycles. The van der Waals surface area contributed by atoms with Crippen molar-refractivity contribution in [2.24, 2.45) is 0 Å². The summed E-state index contributed by atoms with van der Waals surface area (Å²) >= 11 is 1.46. The number of thiazole rings is 1. The Balaban J connectivity index is 1.55. The van der Waals surface area contributed by atoms with E-state index in [1.165, 1.54) is 17.4 Å². The van der Waals surface area contributed by atoms with E-state index in [-0.39, 0.29) is 12.0 Å². The highest BCUT2D eigenvalue weighted by Crippen LogP contribution is 2.39. The summed E-state index contributed by atoms with van der Waals surface area (Å²) in [6.45, 7) is 8.69. The molecule has 2 aromatic heterocycles. The smallest absolute Gasteiger partial charge is 0.399 e. The zero-order valence-electron chi connectivity index (χ0n) is 17.6. The molecule has 2 saturated heterocycles. The second kappa shape index (κ2) is 7.12. The number of aromatic nitrogens is 3. The first-order chi connectivity index (χ1) is 14.3. The number of hydrogen-bond acceptors (Lipinski definition) is 6. The normalized spacial score (nSPS) is 23.4. The molecule has 2 aliphatic rings. The van der Waals surface area contributed by atoms with Crippen LogP contribution in [0.1, 0.15) is 53.2 Å². The molecule has 0 spiro atoms. The van der Waals surface area contributed by atoms with E-state index in [9.17, 15) is 0 Å². The van der Waals surface area contributed by atoms with Gasteiger partial charge in [-0.25, -0.2) is 14.1 Å². The Labute approximate surface area is 179 Å². The lowest BCUT2D eigenvalue weighted by Crippen LogP contribution is -2.41. The largest absolute Gasteiger partial charge is 0.496 e. The molecule has 158 valence electrons. The zero-order valence-corrected chi connectivity index (χ0v) is 18.5. The Bertz CT molecular complexity index is 1070. The van der Waals surface area contributed by atoms with Gasteiger partial charge in [-0.1, -0.05) is 0 Å². The van der Waals surface area contributed by atoms with Gasteiger partial charge in [0.15, 0.2) is 0 Å². The van der Waals surface area contributed by atoms with Crippen LogP contribution in [-0.2, 0) is 14.0 Å². The quantitative estimate of drug-likeness (QED) is 0.582. The fraction of sp³-hybridized carbons (Fsp3) is 0.524. The van der Waals surface area contributed by atoms with Crippen LogP contribution in [0.5, 0.6) is 0 Å². The van der Waals surface area contributed by atoms with E-state index in [2.05, 4.69) is 10.1 Å². The summed E-state index contributed by atoms with van der Waals surface area (Å²) in [5.41, 5.74) is 3.17. The molecule has 0 bridgehead atoms. The maximum atomic E-state index is 15.4. The van der Waals surface area contributed by atoms with Gasteiger partial charge in [0.2, 0.25) is 0 Å². The van der Waals surface area contributed by atoms with Gasteiger partial charge >= 0.3 is 7.12 Å². The SMILES string of the molecule is CC1(C)OB(c2cc(F)c(-c3cnn(C4CCCCO4)c3)c3ncsc23)OC1(C)C. The van der Waals surface area contributed by atoms with Gasteiger partial charge in [0.1, 0.15) is 12.0 Å². The summed E-state index contributed by atoms with van der Waals surface area (Å²) in [5.74, 6) is -0.359. The van der Waals surface area contributed by atoms with Crippen LogP contribution >= 0.6 is 11.3 Å². The molecule has 0 amide bonds. The molecule has 3 aromatic rings. The van der Waals surface area contributed by atoms with E-state index in [0.29, 0.717) is 22.1 Å². The van der Waals surface area contributed by atoms with Crippen molar-refractivity contribution in [2.45, 2.75) is 64.4 Å². The highest BCUT2D eigenvalue weighted by Gasteiger charge is 2.52. The lowest BCUT2D eigenvalue weighted by atomic mass is 9.78. The maximum Gasteiger partial charge on any atom is 0.496 e. The van der Waals surface area contributed by atoms with Crippen molar-refractivity contribution in [3.05, 3.63) is 29.8 Å². The van der Waals surface area contributed by atoms with Crippen molar-refractivity contribution in [1.82, 2.24) is 14.8 Å². The summed E-state index contributed by atoms with van der Waals surface area (Å²) < 4.78 is 36.2. The third-order valence-corrected chi connectivity index (χ3v) is 7.31. The monoisotopic (exact) mass is 429 g/mol. The van der Waals surface area contributed by atoms with Crippen LogP contribution in [0.3, 0.4) is 0 Å². The van der Waals surface area contributed by atoms with Crippen LogP contribution in [0.4, 0.5) is 4.39 Å². The molecule has 5 rings (SSSR count). The van der Waals surface area contributed by atoms with Gasteiger partial charge in [-0.3, -0.25) is 0 Å². The molecule has 9 heteroatoms. The fourth-order valence-corrected chi connectivity index (χ4v) is 4.81. The Morgan fingerprint density at radius 3 is 2.67 bits per heavy atom. The van der Waals surface area contributed by atoms with E-state index in [4.69, 9.17) is 14.0 Å². The van der Waals surface area contributed by atoms with Crippen molar-refractivity contribution in [2.75, 3.05) is 6.61 Å². The molecule has 1 unspecified atom stereocenters. The minimum absolute atomic E-state index is 0.0921. The first-order valence-electron chi connectivity index (χ1n) is 10.3. The van der Waals surface area contributed by atoms with Gasteiger partial charge in [-0.15, -0.1) is 11.3 Å². The molecule has 0 radical (unpaired) electrons. The molecular formula is C21H25BFN3O3S.